The lowest BCUT2D eigenvalue weighted by Gasteiger charge is -2.10. The minimum absolute atomic E-state index is 0.0531. The molecule has 3 heterocycles. The molecule has 4 rings (SSSR count). The lowest BCUT2D eigenvalue weighted by molar-refractivity contribution is 0.0827. The molecule has 140 valence electrons. The molecular formula is C19H16N6O2S. The van der Waals surface area contributed by atoms with Gasteiger partial charge in [0.1, 0.15) is 11.4 Å². The number of benzene rings is 1. The summed E-state index contributed by atoms with van der Waals surface area (Å²) in [6.07, 6.45) is 1.68. The summed E-state index contributed by atoms with van der Waals surface area (Å²) in [5.41, 5.74) is 5.62. The molecule has 0 fully saturated rings. The number of aromatic nitrogens is 5. The van der Waals surface area contributed by atoms with Gasteiger partial charge in [-0.05, 0) is 19.1 Å². The van der Waals surface area contributed by atoms with Crippen molar-refractivity contribution in [2.75, 3.05) is 14.1 Å². The van der Waals surface area contributed by atoms with Gasteiger partial charge in [0.05, 0.1) is 23.1 Å². The minimum atomic E-state index is -0.0531. The summed E-state index contributed by atoms with van der Waals surface area (Å²) in [7, 11) is 3.44. The maximum atomic E-state index is 12.0. The first kappa shape index (κ1) is 17.9. The van der Waals surface area contributed by atoms with Crippen molar-refractivity contribution >= 4 is 17.2 Å². The van der Waals surface area contributed by atoms with Crippen LogP contribution in [-0.4, -0.2) is 50.1 Å². The highest BCUT2D eigenvalue weighted by Crippen LogP contribution is 2.26. The van der Waals surface area contributed by atoms with Crippen molar-refractivity contribution in [3.05, 3.63) is 52.6 Å². The van der Waals surface area contributed by atoms with Gasteiger partial charge in [-0.25, -0.2) is 9.97 Å². The summed E-state index contributed by atoms with van der Waals surface area (Å²) < 4.78 is 5.73. The Hall–Kier alpha value is -3.46. The van der Waals surface area contributed by atoms with Crippen LogP contribution in [0.4, 0.5) is 0 Å². The minimum Gasteiger partial charge on any atom is -0.413 e. The molecule has 0 saturated heterocycles. The lowest BCUT2D eigenvalue weighted by Crippen LogP contribution is -2.21. The molecule has 0 atom stereocenters. The third-order valence-corrected chi connectivity index (χ3v) is 4.65. The van der Waals surface area contributed by atoms with Crippen LogP contribution >= 0.6 is 11.3 Å². The van der Waals surface area contributed by atoms with Crippen molar-refractivity contribution in [1.82, 2.24) is 30.0 Å². The molecule has 1 aromatic carbocycles. The Morgan fingerprint density at radius 2 is 1.79 bits per heavy atom. The fraction of sp³-hybridized carbons (Fsp3) is 0.158. The number of rotatable bonds is 4. The quantitative estimate of drug-likeness (QED) is 0.525. The van der Waals surface area contributed by atoms with Crippen molar-refractivity contribution in [1.29, 1.82) is 0 Å². The van der Waals surface area contributed by atoms with Crippen LogP contribution in [0.5, 0.6) is 0 Å². The third kappa shape index (κ3) is 3.39. The second-order valence-corrected chi connectivity index (χ2v) is 6.97. The second-order valence-electron chi connectivity index (χ2n) is 6.25. The number of hydrogen-bond acceptors (Lipinski definition) is 8. The zero-order valence-corrected chi connectivity index (χ0v) is 16.3. The van der Waals surface area contributed by atoms with Crippen LogP contribution in [-0.2, 0) is 0 Å². The van der Waals surface area contributed by atoms with Crippen LogP contribution in [0.3, 0.4) is 0 Å². The smallest absolute Gasteiger partial charge is 0.268 e. The number of amides is 1. The first-order chi connectivity index (χ1) is 13.5. The molecule has 0 aliphatic heterocycles. The maximum Gasteiger partial charge on any atom is 0.268 e. The van der Waals surface area contributed by atoms with E-state index in [4.69, 9.17) is 4.42 Å². The van der Waals surface area contributed by atoms with E-state index in [1.54, 1.807) is 37.9 Å². The third-order valence-electron chi connectivity index (χ3n) is 4.07. The molecule has 0 radical (unpaired) electrons. The number of carbonyl (C=O) groups excluding carboxylic acids is 1. The number of thiazole rings is 1. The van der Waals surface area contributed by atoms with E-state index in [-0.39, 0.29) is 11.8 Å². The molecule has 3 aromatic heterocycles. The molecule has 0 N–H and O–H groups in total. The van der Waals surface area contributed by atoms with E-state index in [9.17, 15) is 4.79 Å². The topological polar surface area (TPSA) is 97.9 Å². The zero-order chi connectivity index (χ0) is 19.7. The average Bonchev–Trinajstić information content (AvgIpc) is 3.39. The monoisotopic (exact) mass is 392 g/mol. The number of aryl methyl sites for hydroxylation is 1. The second kappa shape index (κ2) is 7.28. The Morgan fingerprint density at radius 3 is 2.46 bits per heavy atom. The molecule has 4 aromatic rings. The molecule has 9 heteroatoms. The molecule has 0 unspecified atom stereocenters. The highest BCUT2D eigenvalue weighted by molar-refractivity contribution is 7.07. The van der Waals surface area contributed by atoms with Gasteiger partial charge < -0.3 is 9.32 Å². The van der Waals surface area contributed by atoms with Crippen molar-refractivity contribution in [2.45, 2.75) is 6.92 Å². The SMILES string of the molecule is Cc1ncc(-c2ccc(C(=O)N(C)C)cc2)nc1-c1nnc(-c2cscn2)o1. The summed E-state index contributed by atoms with van der Waals surface area (Å²) in [6, 6.07) is 7.22. The van der Waals surface area contributed by atoms with Crippen LogP contribution in [0.1, 0.15) is 16.1 Å². The van der Waals surface area contributed by atoms with Crippen molar-refractivity contribution in [3.63, 3.8) is 0 Å². The normalized spacial score (nSPS) is 10.8. The first-order valence-electron chi connectivity index (χ1n) is 8.41. The van der Waals surface area contributed by atoms with Crippen molar-refractivity contribution in [2.24, 2.45) is 0 Å². The summed E-state index contributed by atoms with van der Waals surface area (Å²) in [4.78, 5) is 26.8. The van der Waals surface area contributed by atoms with Gasteiger partial charge >= 0.3 is 0 Å². The predicted molar refractivity (Wildman–Crippen MR) is 105 cm³/mol. The van der Waals surface area contributed by atoms with E-state index in [2.05, 4.69) is 25.1 Å². The standard InChI is InChI=1S/C19H16N6O2S/c1-11-16(18-24-23-17(27-18)15-9-28-10-21-15)22-14(8-20-11)12-4-6-13(7-5-12)19(26)25(2)3/h4-10H,1-3H3. The largest absolute Gasteiger partial charge is 0.413 e. The van der Waals surface area contributed by atoms with Crippen LogP contribution in [0.25, 0.3) is 34.4 Å². The molecule has 0 aliphatic rings. The molecule has 8 nitrogen and oxygen atoms in total. The fourth-order valence-corrected chi connectivity index (χ4v) is 3.10. The van der Waals surface area contributed by atoms with Gasteiger partial charge in [-0.1, -0.05) is 12.1 Å². The van der Waals surface area contributed by atoms with Gasteiger partial charge in [-0.2, -0.15) is 0 Å². The predicted octanol–water partition coefficient (Wildman–Crippen LogP) is 3.33. The van der Waals surface area contributed by atoms with E-state index in [1.807, 2.05) is 24.4 Å². The van der Waals surface area contributed by atoms with E-state index < -0.39 is 0 Å². The fourth-order valence-electron chi connectivity index (χ4n) is 2.57. The van der Waals surface area contributed by atoms with Gasteiger partial charge in [-0.3, -0.25) is 9.78 Å². The maximum absolute atomic E-state index is 12.0. The summed E-state index contributed by atoms with van der Waals surface area (Å²) in [5.74, 6) is 0.575. The van der Waals surface area contributed by atoms with Gasteiger partial charge in [0.25, 0.3) is 17.7 Å². The number of nitrogens with zero attached hydrogens (tertiary/aromatic N) is 6. The number of hydrogen-bond donors (Lipinski definition) is 0. The average molecular weight is 392 g/mol. The van der Waals surface area contributed by atoms with E-state index >= 15 is 0 Å². The summed E-state index contributed by atoms with van der Waals surface area (Å²) >= 11 is 1.45. The highest BCUT2D eigenvalue weighted by Gasteiger charge is 2.17. The first-order valence-corrected chi connectivity index (χ1v) is 9.35. The highest BCUT2D eigenvalue weighted by atomic mass is 32.1. The Labute approximate surface area is 164 Å². The van der Waals surface area contributed by atoms with Gasteiger partial charge in [0.15, 0.2) is 0 Å². The van der Waals surface area contributed by atoms with Gasteiger partial charge in [0.2, 0.25) is 0 Å². The molecule has 0 aliphatic carbocycles. The van der Waals surface area contributed by atoms with Crippen LogP contribution in [0.2, 0.25) is 0 Å². The van der Waals surface area contributed by atoms with Gasteiger partial charge in [0, 0.05) is 30.6 Å². The van der Waals surface area contributed by atoms with E-state index in [0.717, 1.165) is 5.56 Å². The Balaban J connectivity index is 1.67. The van der Waals surface area contributed by atoms with Crippen molar-refractivity contribution < 1.29 is 9.21 Å². The Kier molecular flexibility index (Phi) is 4.66. The summed E-state index contributed by atoms with van der Waals surface area (Å²) in [6.45, 7) is 1.83. The van der Waals surface area contributed by atoms with Crippen LogP contribution in [0.15, 0.2) is 45.8 Å². The van der Waals surface area contributed by atoms with Crippen LogP contribution in [0, 0.1) is 6.92 Å². The van der Waals surface area contributed by atoms with E-state index in [1.165, 1.54) is 16.2 Å². The Bertz CT molecular complexity index is 1120. The number of carbonyl (C=O) groups is 1. The van der Waals surface area contributed by atoms with E-state index in [0.29, 0.717) is 34.2 Å². The molecule has 28 heavy (non-hydrogen) atoms. The molecule has 0 bridgehead atoms. The Morgan fingerprint density at radius 1 is 1.04 bits per heavy atom. The molecule has 1 amide bonds. The van der Waals surface area contributed by atoms with Gasteiger partial charge in [-0.15, -0.1) is 21.5 Å². The molecule has 0 saturated carbocycles. The zero-order valence-electron chi connectivity index (χ0n) is 15.4. The summed E-state index contributed by atoms with van der Waals surface area (Å²) in [5, 5.41) is 9.97. The van der Waals surface area contributed by atoms with Crippen molar-refractivity contribution in [3.8, 4) is 34.4 Å². The molecule has 0 spiro atoms. The molecular weight excluding hydrogens is 376 g/mol. The van der Waals surface area contributed by atoms with Crippen LogP contribution < -0.4 is 0 Å². The lowest BCUT2D eigenvalue weighted by atomic mass is 10.1.